The highest BCUT2D eigenvalue weighted by Crippen LogP contribution is 2.20. The van der Waals surface area contributed by atoms with E-state index in [0.29, 0.717) is 18.1 Å². The van der Waals surface area contributed by atoms with Gasteiger partial charge in [-0.15, -0.1) is 0 Å². The number of halogens is 1. The Labute approximate surface area is 116 Å². The Balaban J connectivity index is 2.05. The molecule has 0 radical (unpaired) electrons. The van der Waals surface area contributed by atoms with Gasteiger partial charge in [0, 0.05) is 47.6 Å². The van der Waals surface area contributed by atoms with Crippen molar-refractivity contribution >= 4 is 16.5 Å². The molecule has 19 heavy (non-hydrogen) atoms. The highest BCUT2D eigenvalue weighted by Gasteiger charge is 2.16. The molecule has 0 aromatic heterocycles. The Bertz CT molecular complexity index is 443. The first-order valence-electron chi connectivity index (χ1n) is 6.79. The maximum Gasteiger partial charge on any atom is 0.125 e. The van der Waals surface area contributed by atoms with Crippen molar-refractivity contribution in [2.75, 3.05) is 36.0 Å². The lowest BCUT2D eigenvalue weighted by molar-refractivity contribution is 0.617. The van der Waals surface area contributed by atoms with Crippen LogP contribution in [0.1, 0.15) is 18.9 Å². The van der Waals surface area contributed by atoms with Gasteiger partial charge in [0.05, 0.1) is 0 Å². The molecule has 1 heterocycles. The molecular formula is C14H21FN2OS. The molecule has 0 spiro atoms. The minimum atomic E-state index is -0.699. The second-order valence-electron chi connectivity index (χ2n) is 4.83. The molecule has 0 saturated carbocycles. The average molecular weight is 284 g/mol. The van der Waals surface area contributed by atoms with Crippen LogP contribution in [0.4, 0.5) is 10.1 Å². The highest BCUT2D eigenvalue weighted by atomic mass is 32.2. The quantitative estimate of drug-likeness (QED) is 0.838. The Morgan fingerprint density at radius 1 is 1.32 bits per heavy atom. The zero-order chi connectivity index (χ0) is 13.7. The van der Waals surface area contributed by atoms with Crippen molar-refractivity contribution in [1.29, 1.82) is 0 Å². The maximum atomic E-state index is 13.7. The second kappa shape index (κ2) is 7.01. The lowest BCUT2D eigenvalue weighted by Gasteiger charge is -2.28. The van der Waals surface area contributed by atoms with Gasteiger partial charge < -0.3 is 10.2 Å². The Morgan fingerprint density at radius 2 is 2.05 bits per heavy atom. The molecule has 1 saturated heterocycles. The van der Waals surface area contributed by atoms with Crippen LogP contribution in [0.5, 0.6) is 0 Å². The molecule has 1 fully saturated rings. The monoisotopic (exact) mass is 284 g/mol. The van der Waals surface area contributed by atoms with Crippen molar-refractivity contribution in [2.24, 2.45) is 0 Å². The van der Waals surface area contributed by atoms with E-state index in [2.05, 4.69) is 17.1 Å². The predicted octanol–water partition coefficient (Wildman–Crippen LogP) is 1.89. The van der Waals surface area contributed by atoms with Gasteiger partial charge in [-0.05, 0) is 36.7 Å². The number of nitrogens with zero attached hydrogens (tertiary/aromatic N) is 1. The van der Waals surface area contributed by atoms with Crippen LogP contribution in [0.15, 0.2) is 18.2 Å². The van der Waals surface area contributed by atoms with Crippen molar-refractivity contribution in [3.8, 4) is 0 Å². The number of benzene rings is 1. The van der Waals surface area contributed by atoms with E-state index in [0.717, 1.165) is 37.3 Å². The van der Waals surface area contributed by atoms with E-state index in [4.69, 9.17) is 0 Å². The van der Waals surface area contributed by atoms with Crippen molar-refractivity contribution in [2.45, 2.75) is 19.9 Å². The van der Waals surface area contributed by atoms with Crippen LogP contribution in [0, 0.1) is 5.82 Å². The first-order chi connectivity index (χ1) is 9.19. The third-order valence-electron chi connectivity index (χ3n) is 3.24. The Hall–Kier alpha value is -0.940. The zero-order valence-corrected chi connectivity index (χ0v) is 12.1. The summed E-state index contributed by atoms with van der Waals surface area (Å²) >= 11 is 0. The van der Waals surface area contributed by atoms with Crippen molar-refractivity contribution in [3.05, 3.63) is 29.6 Å². The van der Waals surface area contributed by atoms with Gasteiger partial charge in [-0.3, -0.25) is 4.21 Å². The van der Waals surface area contributed by atoms with Crippen LogP contribution < -0.4 is 10.2 Å². The molecule has 0 bridgehead atoms. The normalized spacial score (nSPS) is 16.8. The SMILES string of the molecule is CCCNCc1cc(F)cc(N2CCS(=O)CC2)c1. The van der Waals surface area contributed by atoms with E-state index >= 15 is 0 Å². The van der Waals surface area contributed by atoms with E-state index in [1.165, 1.54) is 0 Å². The summed E-state index contributed by atoms with van der Waals surface area (Å²) in [7, 11) is -0.699. The predicted molar refractivity (Wildman–Crippen MR) is 78.5 cm³/mol. The molecule has 1 aromatic rings. The van der Waals surface area contributed by atoms with E-state index in [-0.39, 0.29) is 5.82 Å². The van der Waals surface area contributed by atoms with Gasteiger partial charge in [0.2, 0.25) is 0 Å². The van der Waals surface area contributed by atoms with Gasteiger partial charge in [-0.1, -0.05) is 6.92 Å². The fraction of sp³-hybridized carbons (Fsp3) is 0.571. The number of hydrogen-bond donors (Lipinski definition) is 1. The van der Waals surface area contributed by atoms with Gasteiger partial charge in [-0.25, -0.2) is 4.39 Å². The van der Waals surface area contributed by atoms with Crippen LogP contribution in [-0.4, -0.2) is 35.3 Å². The third kappa shape index (κ3) is 4.28. The summed E-state index contributed by atoms with van der Waals surface area (Å²) in [5.41, 5.74) is 1.88. The van der Waals surface area contributed by atoms with E-state index in [9.17, 15) is 8.60 Å². The summed E-state index contributed by atoms with van der Waals surface area (Å²) in [5.74, 6) is 1.16. The van der Waals surface area contributed by atoms with Crippen LogP contribution >= 0.6 is 0 Å². The standard InChI is InChI=1S/C14H21FN2OS/c1-2-3-16-11-12-8-13(15)10-14(9-12)17-4-6-19(18)7-5-17/h8-10,16H,2-7,11H2,1H3. The van der Waals surface area contributed by atoms with Gasteiger partial charge in [0.25, 0.3) is 0 Å². The number of anilines is 1. The first-order valence-corrected chi connectivity index (χ1v) is 8.28. The van der Waals surface area contributed by atoms with E-state index in [1.54, 1.807) is 12.1 Å². The maximum absolute atomic E-state index is 13.7. The van der Waals surface area contributed by atoms with Gasteiger partial charge in [-0.2, -0.15) is 0 Å². The largest absolute Gasteiger partial charge is 0.370 e. The molecule has 1 N–H and O–H groups in total. The minimum absolute atomic E-state index is 0.197. The molecular weight excluding hydrogens is 263 g/mol. The third-order valence-corrected chi connectivity index (χ3v) is 4.52. The summed E-state index contributed by atoms with van der Waals surface area (Å²) in [5, 5.41) is 3.28. The lowest BCUT2D eigenvalue weighted by atomic mass is 10.1. The van der Waals surface area contributed by atoms with Crippen LogP contribution in [-0.2, 0) is 17.3 Å². The molecule has 1 aliphatic heterocycles. The van der Waals surface area contributed by atoms with Crippen molar-refractivity contribution in [3.63, 3.8) is 0 Å². The van der Waals surface area contributed by atoms with Gasteiger partial charge in [0.15, 0.2) is 0 Å². The van der Waals surface area contributed by atoms with Crippen LogP contribution in [0.25, 0.3) is 0 Å². The lowest BCUT2D eigenvalue weighted by Crippen LogP contribution is -2.37. The number of nitrogens with one attached hydrogen (secondary N) is 1. The molecule has 106 valence electrons. The molecule has 0 aliphatic carbocycles. The number of hydrogen-bond acceptors (Lipinski definition) is 3. The molecule has 5 heteroatoms. The van der Waals surface area contributed by atoms with Gasteiger partial charge >= 0.3 is 0 Å². The molecule has 0 atom stereocenters. The summed E-state index contributed by atoms with van der Waals surface area (Å²) in [6.07, 6.45) is 1.07. The molecule has 0 unspecified atom stereocenters. The van der Waals surface area contributed by atoms with E-state index in [1.807, 2.05) is 6.07 Å². The number of rotatable bonds is 5. The highest BCUT2D eigenvalue weighted by molar-refractivity contribution is 7.85. The molecule has 2 rings (SSSR count). The van der Waals surface area contributed by atoms with Gasteiger partial charge in [0.1, 0.15) is 5.82 Å². The summed E-state index contributed by atoms with van der Waals surface area (Å²) in [6, 6.07) is 5.17. The van der Waals surface area contributed by atoms with Crippen LogP contribution in [0.3, 0.4) is 0 Å². The summed E-state index contributed by atoms with van der Waals surface area (Å²) < 4.78 is 25.0. The van der Waals surface area contributed by atoms with Crippen molar-refractivity contribution < 1.29 is 8.60 Å². The molecule has 1 aliphatic rings. The average Bonchev–Trinajstić information content (AvgIpc) is 2.39. The smallest absolute Gasteiger partial charge is 0.125 e. The molecule has 1 aromatic carbocycles. The summed E-state index contributed by atoms with van der Waals surface area (Å²) in [4.78, 5) is 2.12. The fourth-order valence-electron chi connectivity index (χ4n) is 2.22. The van der Waals surface area contributed by atoms with E-state index < -0.39 is 10.8 Å². The Kier molecular flexibility index (Phi) is 5.34. The summed E-state index contributed by atoms with van der Waals surface area (Å²) in [6.45, 7) is 5.24. The topological polar surface area (TPSA) is 32.3 Å². The zero-order valence-electron chi connectivity index (χ0n) is 11.3. The molecule has 3 nitrogen and oxygen atoms in total. The van der Waals surface area contributed by atoms with Crippen LogP contribution in [0.2, 0.25) is 0 Å². The second-order valence-corrected chi connectivity index (χ2v) is 6.53. The Morgan fingerprint density at radius 3 is 2.74 bits per heavy atom. The minimum Gasteiger partial charge on any atom is -0.370 e. The van der Waals surface area contributed by atoms with Crippen molar-refractivity contribution in [1.82, 2.24) is 5.32 Å². The fourth-order valence-corrected chi connectivity index (χ4v) is 3.28. The first kappa shape index (κ1) is 14.5. The molecule has 0 amide bonds.